The Bertz CT molecular complexity index is 1600. The van der Waals surface area contributed by atoms with Gasteiger partial charge in [0.15, 0.2) is 17.3 Å². The Morgan fingerprint density at radius 3 is 2.12 bits per heavy atom. The van der Waals surface area contributed by atoms with Crippen LogP contribution in [0.5, 0.6) is 17.2 Å². The van der Waals surface area contributed by atoms with Crippen molar-refractivity contribution in [3.8, 4) is 29.6 Å². The van der Waals surface area contributed by atoms with Crippen molar-refractivity contribution >= 4 is 45.1 Å². The van der Waals surface area contributed by atoms with Crippen LogP contribution in [0.15, 0.2) is 30.3 Å². The van der Waals surface area contributed by atoms with Crippen molar-refractivity contribution in [1.29, 1.82) is 0 Å². The SMILES string of the molecule is C#Cc1cc2sc(C(=O)C[C@H](C)C(=O)O)cc2cc1OCCCOc1cc2c(cc1OC)CN(C(=O)C[C@H](C)C(=O)O)C2. The lowest BCUT2D eigenvalue weighted by Gasteiger charge is -2.16. The van der Waals surface area contributed by atoms with Crippen LogP contribution in [-0.2, 0) is 27.5 Å². The second-order valence-electron chi connectivity index (χ2n) is 10.5. The number of Topliss-reactive ketones (excluding diaryl/α,β-unsaturated/α-hetero) is 1. The van der Waals surface area contributed by atoms with Crippen molar-refractivity contribution in [2.75, 3.05) is 20.3 Å². The topological polar surface area (TPSA) is 140 Å². The number of carbonyl (C=O) groups excluding carboxylic acids is 2. The predicted molar refractivity (Wildman–Crippen MR) is 160 cm³/mol. The van der Waals surface area contributed by atoms with Crippen LogP contribution in [0.25, 0.3) is 10.1 Å². The summed E-state index contributed by atoms with van der Waals surface area (Å²) in [5.74, 6) is 0.214. The molecule has 0 fully saturated rings. The largest absolute Gasteiger partial charge is 0.493 e. The van der Waals surface area contributed by atoms with E-state index in [1.54, 1.807) is 23.1 Å². The Labute approximate surface area is 253 Å². The standard InChI is InChI=1S/C32H33NO9S/c1-5-20-14-28-21(15-29(43-28)24(34)9-18(2)31(36)37)11-25(20)41-7-6-8-42-27-13-23-17-33(16-22(23)12-26(27)40-4)30(35)10-19(3)32(38)39/h1,11-15,18-19H,6-10,16-17H2,2-4H3,(H,36,37)(H,38,39)/t18-,19-/m0/s1. The van der Waals surface area contributed by atoms with Crippen LogP contribution in [0.4, 0.5) is 0 Å². The van der Waals surface area contributed by atoms with Gasteiger partial charge in [-0.25, -0.2) is 0 Å². The number of terminal acetylenes is 1. The molecule has 0 spiro atoms. The van der Waals surface area contributed by atoms with Gasteiger partial charge in [-0.05, 0) is 46.8 Å². The van der Waals surface area contributed by atoms with Crippen LogP contribution in [0.2, 0.25) is 0 Å². The number of thiophene rings is 1. The molecule has 3 aromatic rings. The summed E-state index contributed by atoms with van der Waals surface area (Å²) >= 11 is 1.27. The molecule has 0 aliphatic carbocycles. The van der Waals surface area contributed by atoms with Crippen LogP contribution in [0.3, 0.4) is 0 Å². The second-order valence-corrected chi connectivity index (χ2v) is 11.6. The number of ether oxygens (including phenoxy) is 3. The fourth-order valence-electron chi connectivity index (χ4n) is 4.66. The van der Waals surface area contributed by atoms with Gasteiger partial charge in [-0.1, -0.05) is 19.8 Å². The van der Waals surface area contributed by atoms with Gasteiger partial charge in [0.25, 0.3) is 0 Å². The number of aliphatic carboxylic acids is 2. The molecule has 1 aliphatic heterocycles. The molecule has 2 N–H and O–H groups in total. The van der Waals surface area contributed by atoms with E-state index in [-0.39, 0.29) is 24.5 Å². The predicted octanol–water partition coefficient (Wildman–Crippen LogP) is 4.99. The van der Waals surface area contributed by atoms with E-state index in [0.29, 0.717) is 60.4 Å². The number of hydrogen-bond donors (Lipinski definition) is 2. The van der Waals surface area contributed by atoms with Crippen LogP contribution < -0.4 is 14.2 Å². The number of rotatable bonds is 14. The van der Waals surface area contributed by atoms with E-state index >= 15 is 0 Å². The zero-order valence-electron chi connectivity index (χ0n) is 24.2. The van der Waals surface area contributed by atoms with Gasteiger partial charge in [-0.3, -0.25) is 19.2 Å². The molecule has 0 saturated heterocycles. The molecule has 2 atom stereocenters. The number of benzene rings is 2. The summed E-state index contributed by atoms with van der Waals surface area (Å²) < 4.78 is 18.3. The molecule has 1 amide bonds. The lowest BCUT2D eigenvalue weighted by atomic mass is 10.0. The van der Waals surface area contributed by atoms with Gasteiger partial charge in [0.1, 0.15) is 5.75 Å². The van der Waals surface area contributed by atoms with Crippen LogP contribution in [0, 0.1) is 24.2 Å². The van der Waals surface area contributed by atoms with Gasteiger partial charge < -0.3 is 29.3 Å². The minimum absolute atomic E-state index is 0.0596. The maximum atomic E-state index is 12.6. The fourth-order valence-corrected chi connectivity index (χ4v) is 5.69. The van der Waals surface area contributed by atoms with Crippen molar-refractivity contribution < 1.29 is 43.6 Å². The average Bonchev–Trinajstić information content (AvgIpc) is 3.59. The molecule has 0 unspecified atom stereocenters. The lowest BCUT2D eigenvalue weighted by molar-refractivity contribution is -0.145. The lowest BCUT2D eigenvalue weighted by Crippen LogP contribution is -2.28. The highest BCUT2D eigenvalue weighted by Gasteiger charge is 2.28. The smallest absolute Gasteiger partial charge is 0.306 e. The van der Waals surface area contributed by atoms with Crippen molar-refractivity contribution in [2.45, 2.75) is 46.2 Å². The first-order valence-electron chi connectivity index (χ1n) is 13.8. The number of nitrogens with zero attached hydrogens (tertiary/aromatic N) is 1. The first-order valence-corrected chi connectivity index (χ1v) is 14.6. The Morgan fingerprint density at radius 1 is 0.907 bits per heavy atom. The third-order valence-corrected chi connectivity index (χ3v) is 8.37. The quantitative estimate of drug-likeness (QED) is 0.147. The number of carbonyl (C=O) groups is 4. The molecule has 2 heterocycles. The summed E-state index contributed by atoms with van der Waals surface area (Å²) in [7, 11) is 1.54. The summed E-state index contributed by atoms with van der Waals surface area (Å²) in [6.45, 7) is 4.40. The summed E-state index contributed by atoms with van der Waals surface area (Å²) in [4.78, 5) is 49.5. The van der Waals surface area contributed by atoms with Crippen molar-refractivity contribution in [2.24, 2.45) is 11.8 Å². The number of carboxylic acids is 2. The molecule has 1 aliphatic rings. The van der Waals surface area contributed by atoms with E-state index in [1.165, 1.54) is 32.3 Å². The van der Waals surface area contributed by atoms with Gasteiger partial charge in [-0.2, -0.15) is 0 Å². The van der Waals surface area contributed by atoms with E-state index in [1.807, 2.05) is 12.1 Å². The maximum Gasteiger partial charge on any atom is 0.306 e. The van der Waals surface area contributed by atoms with E-state index in [2.05, 4.69) is 5.92 Å². The van der Waals surface area contributed by atoms with Crippen LogP contribution in [-0.4, -0.2) is 59.1 Å². The number of hydrogen-bond acceptors (Lipinski definition) is 8. The minimum atomic E-state index is -1.01. The number of ketones is 1. The Balaban J connectivity index is 1.34. The van der Waals surface area contributed by atoms with Gasteiger partial charge in [-0.15, -0.1) is 17.8 Å². The fraction of sp³-hybridized carbons (Fsp3) is 0.375. The monoisotopic (exact) mass is 607 g/mol. The highest BCUT2D eigenvalue weighted by atomic mass is 32.1. The highest BCUT2D eigenvalue weighted by molar-refractivity contribution is 7.20. The van der Waals surface area contributed by atoms with Crippen molar-refractivity contribution in [3.63, 3.8) is 0 Å². The molecule has 0 saturated carbocycles. The molecule has 0 bridgehead atoms. The normalized spacial score (nSPS) is 13.6. The molecular formula is C32H33NO9S. The number of amides is 1. The highest BCUT2D eigenvalue weighted by Crippen LogP contribution is 2.36. The summed E-state index contributed by atoms with van der Waals surface area (Å²) in [5.41, 5.74) is 2.39. The molecule has 4 rings (SSSR count). The van der Waals surface area contributed by atoms with E-state index in [9.17, 15) is 19.2 Å². The molecule has 1 aromatic heterocycles. The first kappa shape index (κ1) is 31.4. The molecule has 0 radical (unpaired) electrons. The second kappa shape index (κ2) is 13.6. The average molecular weight is 608 g/mol. The van der Waals surface area contributed by atoms with E-state index in [4.69, 9.17) is 30.8 Å². The number of methoxy groups -OCH3 is 1. The zero-order valence-corrected chi connectivity index (χ0v) is 25.0. The summed E-state index contributed by atoms with van der Waals surface area (Å²) in [6.07, 6.45) is 6.10. The molecule has 226 valence electrons. The molecule has 11 heteroatoms. The Hall–Kier alpha value is -4.56. The Kier molecular flexibility index (Phi) is 9.93. The van der Waals surface area contributed by atoms with Crippen LogP contribution in [0.1, 0.15) is 59.5 Å². The zero-order chi connectivity index (χ0) is 31.3. The maximum absolute atomic E-state index is 12.6. The van der Waals surface area contributed by atoms with Crippen molar-refractivity contribution in [1.82, 2.24) is 4.90 Å². The Morgan fingerprint density at radius 2 is 1.51 bits per heavy atom. The van der Waals surface area contributed by atoms with Gasteiger partial charge in [0, 0.05) is 37.1 Å². The molecule has 43 heavy (non-hydrogen) atoms. The molecule has 2 aromatic carbocycles. The summed E-state index contributed by atoms with van der Waals surface area (Å²) in [5, 5.41) is 19.0. The summed E-state index contributed by atoms with van der Waals surface area (Å²) in [6, 6.07) is 8.99. The third kappa shape index (κ3) is 7.45. The van der Waals surface area contributed by atoms with E-state index in [0.717, 1.165) is 21.2 Å². The molecular weight excluding hydrogens is 574 g/mol. The van der Waals surface area contributed by atoms with Crippen molar-refractivity contribution in [3.05, 3.63) is 51.9 Å². The van der Waals surface area contributed by atoms with Gasteiger partial charge in [0.05, 0.1) is 42.6 Å². The third-order valence-electron chi connectivity index (χ3n) is 7.23. The van der Waals surface area contributed by atoms with E-state index < -0.39 is 23.8 Å². The minimum Gasteiger partial charge on any atom is -0.493 e. The van der Waals surface area contributed by atoms with Crippen LogP contribution >= 0.6 is 11.3 Å². The van der Waals surface area contributed by atoms with Gasteiger partial charge >= 0.3 is 11.9 Å². The number of fused-ring (bicyclic) bond motifs is 2. The molecule has 10 nitrogen and oxygen atoms in total. The van der Waals surface area contributed by atoms with Gasteiger partial charge in [0.2, 0.25) is 5.91 Å². The first-order chi connectivity index (χ1) is 20.5. The number of carboxylic acid groups (broad SMARTS) is 2.